The quantitative estimate of drug-likeness (QED) is 0.371. The average molecular weight is 450 g/mol. The van der Waals surface area contributed by atoms with Gasteiger partial charge in [-0.3, -0.25) is 19.6 Å². The molecule has 3 aromatic rings. The normalized spacial score (nSPS) is 18.2. The van der Waals surface area contributed by atoms with Gasteiger partial charge in [0.2, 0.25) is 0 Å². The Kier molecular flexibility index (Phi) is 5.22. The minimum atomic E-state index is -0.792. The van der Waals surface area contributed by atoms with Crippen molar-refractivity contribution < 1.29 is 14.7 Å². The van der Waals surface area contributed by atoms with Gasteiger partial charge in [0.05, 0.1) is 11.3 Å². The van der Waals surface area contributed by atoms with Crippen LogP contribution in [0.2, 0.25) is 0 Å². The van der Waals surface area contributed by atoms with Crippen LogP contribution < -0.4 is 0 Å². The second kappa shape index (κ2) is 7.97. The Hall–Kier alpha value is -3.32. The predicted molar refractivity (Wildman–Crippen MR) is 110 cm³/mol. The molecule has 0 bridgehead atoms. The van der Waals surface area contributed by atoms with Gasteiger partial charge >= 0.3 is 0 Å². The van der Waals surface area contributed by atoms with E-state index in [1.165, 1.54) is 4.90 Å². The molecule has 1 aliphatic rings. The molecule has 7 heteroatoms. The highest BCUT2D eigenvalue weighted by atomic mass is 79.9. The summed E-state index contributed by atoms with van der Waals surface area (Å²) in [5.74, 6) is -1.63. The van der Waals surface area contributed by atoms with E-state index >= 15 is 0 Å². The standard InChI is InChI=1S/C22H16BrN3O3/c23-16-8-6-15(7-9-16)20(27)18-19(17-5-1-2-11-25-17)26(22(29)21(18)28)13-14-4-3-10-24-12-14/h1-12,19,27H,13H2/b20-18-/t19-/m0/s1. The van der Waals surface area contributed by atoms with Gasteiger partial charge in [-0.2, -0.15) is 0 Å². The molecule has 0 spiro atoms. The molecule has 144 valence electrons. The summed E-state index contributed by atoms with van der Waals surface area (Å²) in [5, 5.41) is 10.9. The van der Waals surface area contributed by atoms with Crippen LogP contribution in [-0.4, -0.2) is 31.7 Å². The first-order valence-electron chi connectivity index (χ1n) is 8.90. The smallest absolute Gasteiger partial charge is 0.296 e. The van der Waals surface area contributed by atoms with Crippen molar-refractivity contribution in [3.63, 3.8) is 0 Å². The summed E-state index contributed by atoms with van der Waals surface area (Å²) >= 11 is 3.35. The zero-order chi connectivity index (χ0) is 20.4. The number of pyridine rings is 2. The molecule has 29 heavy (non-hydrogen) atoms. The van der Waals surface area contributed by atoms with E-state index in [4.69, 9.17) is 0 Å². The maximum atomic E-state index is 12.9. The molecule has 1 atom stereocenters. The van der Waals surface area contributed by atoms with E-state index in [2.05, 4.69) is 25.9 Å². The molecular formula is C22H16BrN3O3. The Balaban J connectivity index is 1.85. The number of Topliss-reactive ketones (excluding diaryl/α,β-unsaturated/α-hetero) is 1. The first kappa shape index (κ1) is 19.0. The van der Waals surface area contributed by atoms with Gasteiger partial charge in [0.15, 0.2) is 0 Å². The highest BCUT2D eigenvalue weighted by Gasteiger charge is 2.46. The average Bonchev–Trinajstić information content (AvgIpc) is 3.00. The third kappa shape index (κ3) is 3.69. The number of carbonyl (C=O) groups is 2. The first-order valence-corrected chi connectivity index (χ1v) is 9.70. The molecule has 1 aromatic carbocycles. The van der Waals surface area contributed by atoms with Crippen LogP contribution in [0.3, 0.4) is 0 Å². The van der Waals surface area contributed by atoms with Crippen LogP contribution in [0, 0.1) is 0 Å². The third-order valence-electron chi connectivity index (χ3n) is 4.70. The van der Waals surface area contributed by atoms with Crippen molar-refractivity contribution in [2.75, 3.05) is 0 Å². The van der Waals surface area contributed by atoms with Crippen LogP contribution >= 0.6 is 15.9 Å². The van der Waals surface area contributed by atoms with Gasteiger partial charge in [-0.15, -0.1) is 0 Å². The molecule has 1 saturated heterocycles. The lowest BCUT2D eigenvalue weighted by atomic mass is 9.98. The molecule has 1 N–H and O–H groups in total. The SMILES string of the molecule is O=C1C(=O)N(Cc2cccnc2)[C@@H](c2ccccn2)/C1=C(/O)c1ccc(Br)cc1. The van der Waals surface area contributed by atoms with Crippen LogP contribution in [0.1, 0.15) is 22.9 Å². The number of aromatic nitrogens is 2. The van der Waals surface area contributed by atoms with E-state index in [-0.39, 0.29) is 17.9 Å². The topological polar surface area (TPSA) is 83.4 Å². The van der Waals surface area contributed by atoms with Crippen molar-refractivity contribution in [2.24, 2.45) is 0 Å². The summed E-state index contributed by atoms with van der Waals surface area (Å²) < 4.78 is 0.840. The van der Waals surface area contributed by atoms with Crippen LogP contribution in [0.15, 0.2) is 83.2 Å². The molecule has 0 radical (unpaired) electrons. The van der Waals surface area contributed by atoms with Gasteiger partial charge in [-0.05, 0) is 35.9 Å². The number of hydrogen-bond donors (Lipinski definition) is 1. The van der Waals surface area contributed by atoms with Crippen molar-refractivity contribution >= 4 is 33.4 Å². The van der Waals surface area contributed by atoms with Crippen molar-refractivity contribution in [3.05, 3.63) is 100 Å². The molecule has 1 amide bonds. The summed E-state index contributed by atoms with van der Waals surface area (Å²) in [7, 11) is 0. The summed E-state index contributed by atoms with van der Waals surface area (Å²) in [4.78, 5) is 35.6. The molecule has 0 saturated carbocycles. The number of nitrogens with zero attached hydrogens (tertiary/aromatic N) is 3. The number of likely N-dealkylation sites (tertiary alicyclic amines) is 1. The second-order valence-corrected chi connectivity index (χ2v) is 7.47. The molecule has 3 heterocycles. The van der Waals surface area contributed by atoms with Crippen LogP contribution in [0.25, 0.3) is 5.76 Å². The van der Waals surface area contributed by atoms with E-state index in [1.807, 2.05) is 6.07 Å². The molecule has 6 nitrogen and oxygen atoms in total. The van der Waals surface area contributed by atoms with Crippen LogP contribution in [-0.2, 0) is 16.1 Å². The van der Waals surface area contributed by atoms with E-state index in [0.29, 0.717) is 11.3 Å². The van der Waals surface area contributed by atoms with Crippen molar-refractivity contribution in [1.29, 1.82) is 0 Å². The number of ketones is 1. The predicted octanol–water partition coefficient (Wildman–Crippen LogP) is 3.86. The Bertz CT molecular complexity index is 1080. The van der Waals surface area contributed by atoms with Gasteiger partial charge in [0.1, 0.15) is 11.8 Å². The van der Waals surface area contributed by atoms with Gasteiger partial charge in [0.25, 0.3) is 11.7 Å². The number of aliphatic hydroxyl groups excluding tert-OH is 1. The summed E-state index contributed by atoms with van der Waals surface area (Å²) in [6.07, 6.45) is 4.88. The van der Waals surface area contributed by atoms with Crippen molar-refractivity contribution in [2.45, 2.75) is 12.6 Å². The Labute approximate surface area is 175 Å². The Morgan fingerprint density at radius 1 is 1.03 bits per heavy atom. The maximum Gasteiger partial charge on any atom is 0.296 e. The third-order valence-corrected chi connectivity index (χ3v) is 5.23. The summed E-state index contributed by atoms with van der Waals surface area (Å²) in [5.41, 5.74) is 1.77. The van der Waals surface area contributed by atoms with Gasteiger partial charge in [-0.25, -0.2) is 0 Å². The largest absolute Gasteiger partial charge is 0.507 e. The molecule has 0 aliphatic carbocycles. The fraction of sp³-hybridized carbons (Fsp3) is 0.0909. The number of hydrogen-bond acceptors (Lipinski definition) is 5. The number of benzene rings is 1. The monoisotopic (exact) mass is 449 g/mol. The highest BCUT2D eigenvalue weighted by Crippen LogP contribution is 2.39. The number of halogens is 1. The molecule has 1 fully saturated rings. The molecule has 4 rings (SSSR count). The van der Waals surface area contributed by atoms with Gasteiger partial charge in [0, 0.05) is 35.2 Å². The molecule has 2 aromatic heterocycles. The second-order valence-electron chi connectivity index (χ2n) is 6.55. The minimum Gasteiger partial charge on any atom is -0.507 e. The number of rotatable bonds is 4. The summed E-state index contributed by atoms with van der Waals surface area (Å²) in [6, 6.07) is 15.0. The number of aliphatic hydroxyl groups is 1. The van der Waals surface area contributed by atoms with E-state index in [9.17, 15) is 14.7 Å². The fourth-order valence-corrected chi connectivity index (χ4v) is 3.60. The lowest BCUT2D eigenvalue weighted by Crippen LogP contribution is -2.29. The lowest BCUT2D eigenvalue weighted by Gasteiger charge is -2.24. The zero-order valence-electron chi connectivity index (χ0n) is 15.2. The van der Waals surface area contributed by atoms with E-state index in [1.54, 1.807) is 67.1 Å². The number of carbonyl (C=O) groups excluding carboxylic acids is 2. The van der Waals surface area contributed by atoms with Crippen molar-refractivity contribution in [1.82, 2.24) is 14.9 Å². The fourth-order valence-electron chi connectivity index (χ4n) is 3.34. The van der Waals surface area contributed by atoms with Crippen LogP contribution in [0.5, 0.6) is 0 Å². The van der Waals surface area contributed by atoms with E-state index < -0.39 is 17.7 Å². The molecule has 0 unspecified atom stereocenters. The first-order chi connectivity index (χ1) is 14.1. The lowest BCUT2D eigenvalue weighted by molar-refractivity contribution is -0.140. The maximum absolute atomic E-state index is 12.9. The zero-order valence-corrected chi connectivity index (χ0v) is 16.8. The van der Waals surface area contributed by atoms with Gasteiger partial charge in [-0.1, -0.05) is 40.2 Å². The van der Waals surface area contributed by atoms with Crippen molar-refractivity contribution in [3.8, 4) is 0 Å². The molecule has 1 aliphatic heterocycles. The van der Waals surface area contributed by atoms with E-state index in [0.717, 1.165) is 10.0 Å². The minimum absolute atomic E-state index is 0.0277. The van der Waals surface area contributed by atoms with Gasteiger partial charge < -0.3 is 10.0 Å². The number of amides is 1. The molecular weight excluding hydrogens is 434 g/mol. The van der Waals surface area contributed by atoms with Crippen LogP contribution in [0.4, 0.5) is 0 Å². The Morgan fingerprint density at radius 3 is 2.48 bits per heavy atom. The Morgan fingerprint density at radius 2 is 1.83 bits per heavy atom. The highest BCUT2D eigenvalue weighted by molar-refractivity contribution is 9.10. The summed E-state index contributed by atoms with van der Waals surface area (Å²) in [6.45, 7) is 0.177.